The quantitative estimate of drug-likeness (QED) is 0.206. The summed E-state index contributed by atoms with van der Waals surface area (Å²) in [5.74, 6) is -1.48. The van der Waals surface area contributed by atoms with Crippen LogP contribution in [0.5, 0.6) is 0 Å². The van der Waals surface area contributed by atoms with Crippen molar-refractivity contribution in [1.29, 1.82) is 0 Å². The Balaban J connectivity index is 2.09. The lowest BCUT2D eigenvalue weighted by atomic mass is 10.1. The number of nitro benzene ring substituents is 1. The minimum absolute atomic E-state index is 0.103. The van der Waals surface area contributed by atoms with Crippen LogP contribution in [0.25, 0.3) is 0 Å². The van der Waals surface area contributed by atoms with Crippen LogP contribution >= 0.6 is 0 Å². The van der Waals surface area contributed by atoms with Gasteiger partial charge in [-0.3, -0.25) is 24.5 Å². The zero-order valence-corrected chi connectivity index (χ0v) is 15.5. The molecule has 0 aromatic heterocycles. The van der Waals surface area contributed by atoms with Crippen molar-refractivity contribution in [2.75, 3.05) is 0 Å². The van der Waals surface area contributed by atoms with Gasteiger partial charge in [-0.1, -0.05) is 48.5 Å². The fourth-order valence-corrected chi connectivity index (χ4v) is 2.62. The number of amides is 2. The van der Waals surface area contributed by atoms with E-state index in [2.05, 4.69) is 5.10 Å². The molecular formula is C22H15N3O5. The minimum Gasteiger partial charge on any atom is -0.296 e. The van der Waals surface area contributed by atoms with Gasteiger partial charge in [-0.15, -0.1) is 0 Å². The third-order valence-corrected chi connectivity index (χ3v) is 4.10. The number of nitrogens with zero attached hydrogens (tertiary/aromatic N) is 3. The molecule has 0 fully saturated rings. The number of aldehydes is 1. The predicted octanol–water partition coefficient (Wildman–Crippen LogP) is 3.48. The van der Waals surface area contributed by atoms with E-state index >= 15 is 0 Å². The monoisotopic (exact) mass is 401 g/mol. The molecule has 3 aromatic rings. The molecule has 0 bridgehead atoms. The predicted molar refractivity (Wildman–Crippen MR) is 109 cm³/mol. The zero-order chi connectivity index (χ0) is 21.5. The first-order valence-corrected chi connectivity index (χ1v) is 8.78. The number of benzene rings is 3. The topological polar surface area (TPSA) is 110 Å². The third kappa shape index (κ3) is 4.50. The summed E-state index contributed by atoms with van der Waals surface area (Å²) in [6, 6.07) is 21.2. The maximum atomic E-state index is 13.0. The standard InChI is InChI=1S/C22H15N3O5/c26-15-20(18-12-7-13-19(14-18)25(29)30)23-24(21(27)16-8-3-1-4-9-16)22(28)17-10-5-2-6-11-17/h1-15H. The van der Waals surface area contributed by atoms with E-state index in [-0.39, 0.29) is 28.1 Å². The third-order valence-electron chi connectivity index (χ3n) is 4.10. The lowest BCUT2D eigenvalue weighted by Crippen LogP contribution is -2.34. The maximum Gasteiger partial charge on any atom is 0.281 e. The summed E-state index contributed by atoms with van der Waals surface area (Å²) >= 11 is 0. The molecule has 0 saturated carbocycles. The van der Waals surface area contributed by atoms with Crippen LogP contribution in [-0.2, 0) is 4.79 Å². The normalized spacial score (nSPS) is 10.9. The minimum atomic E-state index is -0.741. The number of carbonyl (C=O) groups excluding carboxylic acids is 3. The molecule has 8 heteroatoms. The van der Waals surface area contributed by atoms with Crippen molar-refractivity contribution in [1.82, 2.24) is 5.01 Å². The van der Waals surface area contributed by atoms with Gasteiger partial charge in [-0.25, -0.2) is 0 Å². The summed E-state index contributed by atoms with van der Waals surface area (Å²) in [6.45, 7) is 0. The molecule has 3 rings (SSSR count). The number of non-ortho nitro benzene ring substituents is 1. The molecule has 0 aliphatic carbocycles. The van der Waals surface area contributed by atoms with Crippen LogP contribution in [0.3, 0.4) is 0 Å². The van der Waals surface area contributed by atoms with E-state index in [1.807, 2.05) is 0 Å². The van der Waals surface area contributed by atoms with Crippen molar-refractivity contribution in [3.05, 3.63) is 112 Å². The van der Waals surface area contributed by atoms with Crippen molar-refractivity contribution >= 4 is 29.5 Å². The van der Waals surface area contributed by atoms with E-state index in [9.17, 15) is 24.5 Å². The number of nitro groups is 1. The average molecular weight is 401 g/mol. The maximum absolute atomic E-state index is 13.0. The first-order chi connectivity index (χ1) is 14.5. The van der Waals surface area contributed by atoms with E-state index in [4.69, 9.17) is 0 Å². The molecule has 8 nitrogen and oxygen atoms in total. The summed E-state index contributed by atoms with van der Waals surface area (Å²) in [5.41, 5.74) is -0.0693. The first-order valence-electron chi connectivity index (χ1n) is 8.78. The van der Waals surface area contributed by atoms with Gasteiger partial charge in [0, 0.05) is 28.8 Å². The highest BCUT2D eigenvalue weighted by Gasteiger charge is 2.25. The van der Waals surface area contributed by atoms with Gasteiger partial charge < -0.3 is 0 Å². The van der Waals surface area contributed by atoms with Crippen molar-refractivity contribution in [2.45, 2.75) is 0 Å². The van der Waals surface area contributed by atoms with Crippen LogP contribution < -0.4 is 0 Å². The molecule has 3 aromatic carbocycles. The van der Waals surface area contributed by atoms with E-state index < -0.39 is 16.7 Å². The molecular weight excluding hydrogens is 386 g/mol. The molecule has 0 atom stereocenters. The Morgan fingerprint density at radius 2 is 1.30 bits per heavy atom. The highest BCUT2D eigenvalue weighted by molar-refractivity contribution is 6.36. The van der Waals surface area contributed by atoms with Gasteiger partial charge in [-0.05, 0) is 24.3 Å². The first kappa shape index (κ1) is 20.3. The molecule has 148 valence electrons. The average Bonchev–Trinajstić information content (AvgIpc) is 2.80. The Morgan fingerprint density at radius 3 is 1.77 bits per heavy atom. The molecule has 0 spiro atoms. The van der Waals surface area contributed by atoms with Crippen molar-refractivity contribution in [3.8, 4) is 0 Å². The number of rotatable bonds is 6. The fraction of sp³-hybridized carbons (Fsp3) is 0. The second-order valence-electron chi connectivity index (χ2n) is 6.06. The van der Waals surface area contributed by atoms with Gasteiger partial charge in [0.15, 0.2) is 6.29 Å². The SMILES string of the molecule is O=CC(=NN(C(=O)c1ccccc1)C(=O)c1ccccc1)c1cccc([N+](=O)[O-])c1. The van der Waals surface area contributed by atoms with Crippen LogP contribution in [0.4, 0.5) is 5.69 Å². The summed E-state index contributed by atoms with van der Waals surface area (Å²) < 4.78 is 0. The molecule has 0 unspecified atom stereocenters. The highest BCUT2D eigenvalue weighted by Crippen LogP contribution is 2.16. The molecule has 0 N–H and O–H groups in total. The summed E-state index contributed by atoms with van der Waals surface area (Å²) in [5, 5.41) is 15.6. The molecule has 0 aliphatic heterocycles. The van der Waals surface area contributed by atoms with Gasteiger partial charge in [0.25, 0.3) is 17.5 Å². The van der Waals surface area contributed by atoms with Crippen LogP contribution in [0, 0.1) is 10.1 Å². The molecule has 2 amide bonds. The number of hydrazone groups is 1. The molecule has 30 heavy (non-hydrogen) atoms. The van der Waals surface area contributed by atoms with E-state index in [1.165, 1.54) is 42.5 Å². The Kier molecular flexibility index (Phi) is 6.19. The summed E-state index contributed by atoms with van der Waals surface area (Å²) in [4.78, 5) is 48.1. The highest BCUT2D eigenvalue weighted by atomic mass is 16.6. The summed E-state index contributed by atoms with van der Waals surface area (Å²) in [7, 11) is 0. The largest absolute Gasteiger partial charge is 0.296 e. The van der Waals surface area contributed by atoms with Gasteiger partial charge in [0.2, 0.25) is 0 Å². The lowest BCUT2D eigenvalue weighted by Gasteiger charge is -2.16. The number of carbonyl (C=O) groups is 3. The molecule has 0 radical (unpaired) electrons. The van der Waals surface area contributed by atoms with Gasteiger partial charge in [0.1, 0.15) is 5.71 Å². The number of imide groups is 1. The molecule has 0 saturated heterocycles. The van der Waals surface area contributed by atoms with Crippen LogP contribution in [-0.4, -0.2) is 33.7 Å². The molecule has 0 aliphatic rings. The van der Waals surface area contributed by atoms with Crippen molar-refractivity contribution in [2.24, 2.45) is 5.10 Å². The van der Waals surface area contributed by atoms with Crippen molar-refractivity contribution < 1.29 is 19.3 Å². The Labute approximate surface area is 171 Å². The number of hydrogen-bond donors (Lipinski definition) is 0. The van der Waals surface area contributed by atoms with Crippen LogP contribution in [0.15, 0.2) is 90.0 Å². The van der Waals surface area contributed by atoms with Gasteiger partial charge in [0.05, 0.1) is 4.92 Å². The zero-order valence-electron chi connectivity index (χ0n) is 15.5. The Morgan fingerprint density at radius 1 is 0.800 bits per heavy atom. The second-order valence-corrected chi connectivity index (χ2v) is 6.06. The van der Waals surface area contributed by atoms with Gasteiger partial charge >= 0.3 is 0 Å². The van der Waals surface area contributed by atoms with Gasteiger partial charge in [-0.2, -0.15) is 10.1 Å². The van der Waals surface area contributed by atoms with E-state index in [1.54, 1.807) is 36.4 Å². The Hall–Kier alpha value is -4.46. The van der Waals surface area contributed by atoms with E-state index in [0.717, 1.165) is 6.07 Å². The molecule has 0 heterocycles. The van der Waals surface area contributed by atoms with Crippen molar-refractivity contribution in [3.63, 3.8) is 0 Å². The second kappa shape index (κ2) is 9.16. The fourth-order valence-electron chi connectivity index (χ4n) is 2.62. The number of hydrogen-bond acceptors (Lipinski definition) is 6. The van der Waals surface area contributed by atoms with Crippen LogP contribution in [0.1, 0.15) is 26.3 Å². The summed E-state index contributed by atoms with van der Waals surface area (Å²) in [6.07, 6.45) is 0.336. The Bertz CT molecular complexity index is 1080. The van der Waals surface area contributed by atoms with Crippen LogP contribution in [0.2, 0.25) is 0 Å². The van der Waals surface area contributed by atoms with E-state index in [0.29, 0.717) is 11.3 Å². The lowest BCUT2D eigenvalue weighted by molar-refractivity contribution is -0.384. The smallest absolute Gasteiger partial charge is 0.281 e.